The summed E-state index contributed by atoms with van der Waals surface area (Å²) in [7, 11) is 0. The molecule has 0 atom stereocenters. The third-order valence-corrected chi connectivity index (χ3v) is 1.88. The van der Waals surface area contributed by atoms with Crippen molar-refractivity contribution in [2.45, 2.75) is 33.3 Å². The average molecular weight is 276 g/mol. The van der Waals surface area contributed by atoms with Crippen LogP contribution in [0.1, 0.15) is 27.2 Å². The van der Waals surface area contributed by atoms with Crippen LogP contribution in [0.4, 0.5) is 0 Å². The lowest BCUT2D eigenvalue weighted by atomic mass is 10.5. The number of hydrogen-bond acceptors (Lipinski definition) is 6. The minimum atomic E-state index is -0.0378. The highest BCUT2D eigenvalue weighted by atomic mass is 35.5. The number of aromatic nitrogens is 3. The monoisotopic (exact) mass is 275 g/mol. The number of rotatable bonds is 8. The summed E-state index contributed by atoms with van der Waals surface area (Å²) in [5, 5.41) is 0.0464. The molecule has 0 aliphatic heterocycles. The van der Waals surface area contributed by atoms with Crippen LogP contribution in [0.15, 0.2) is 0 Å². The molecule has 7 heteroatoms. The van der Waals surface area contributed by atoms with Crippen LogP contribution in [-0.4, -0.2) is 40.9 Å². The molecule has 0 spiro atoms. The summed E-state index contributed by atoms with van der Waals surface area (Å²) in [5.41, 5.74) is 0. The molecule has 0 saturated heterocycles. The minimum absolute atomic E-state index is 0.0378. The molecule has 0 amide bonds. The van der Waals surface area contributed by atoms with E-state index < -0.39 is 0 Å². The molecule has 0 fully saturated rings. The fourth-order valence-corrected chi connectivity index (χ4v) is 1.23. The minimum Gasteiger partial charge on any atom is -0.461 e. The molecule has 102 valence electrons. The summed E-state index contributed by atoms with van der Waals surface area (Å²) in [6, 6.07) is 0.306. The molecule has 0 radical (unpaired) electrons. The van der Waals surface area contributed by atoms with Gasteiger partial charge in [0.1, 0.15) is 6.61 Å². The maximum atomic E-state index is 5.74. The molecule has 0 saturated carbocycles. The van der Waals surface area contributed by atoms with Crippen LogP contribution >= 0.6 is 11.6 Å². The molecular formula is C11H18ClN3O3. The average Bonchev–Trinajstić information content (AvgIpc) is 2.27. The van der Waals surface area contributed by atoms with Gasteiger partial charge in [-0.3, -0.25) is 0 Å². The quantitative estimate of drug-likeness (QED) is 0.677. The van der Waals surface area contributed by atoms with Crippen molar-refractivity contribution < 1.29 is 14.2 Å². The first kappa shape index (κ1) is 14.9. The first-order valence-electron chi connectivity index (χ1n) is 5.90. The Labute approximate surface area is 112 Å². The van der Waals surface area contributed by atoms with Gasteiger partial charge < -0.3 is 14.2 Å². The lowest BCUT2D eigenvalue weighted by Gasteiger charge is -2.09. The molecule has 18 heavy (non-hydrogen) atoms. The van der Waals surface area contributed by atoms with E-state index in [1.165, 1.54) is 0 Å². The van der Waals surface area contributed by atoms with Crippen molar-refractivity contribution in [1.82, 2.24) is 15.0 Å². The first-order chi connectivity index (χ1) is 8.61. The lowest BCUT2D eigenvalue weighted by Crippen LogP contribution is -2.12. The van der Waals surface area contributed by atoms with Crippen LogP contribution in [0.5, 0.6) is 12.0 Å². The van der Waals surface area contributed by atoms with E-state index in [1.54, 1.807) is 0 Å². The summed E-state index contributed by atoms with van der Waals surface area (Å²) in [6.07, 6.45) is 0.938. The molecule has 0 aliphatic carbocycles. The van der Waals surface area contributed by atoms with E-state index in [0.29, 0.717) is 19.8 Å². The van der Waals surface area contributed by atoms with E-state index in [-0.39, 0.29) is 23.4 Å². The summed E-state index contributed by atoms with van der Waals surface area (Å²) in [5.74, 6) is 0. The Bertz CT molecular complexity index is 363. The molecule has 0 aliphatic rings. The summed E-state index contributed by atoms with van der Waals surface area (Å²) >= 11 is 5.74. The van der Waals surface area contributed by atoms with Crippen molar-refractivity contribution in [2.75, 3.05) is 19.8 Å². The Balaban J connectivity index is 2.46. The van der Waals surface area contributed by atoms with Crippen LogP contribution in [0.3, 0.4) is 0 Å². The normalized spacial score (nSPS) is 10.7. The van der Waals surface area contributed by atoms with Gasteiger partial charge in [-0.15, -0.1) is 4.98 Å². The smallest absolute Gasteiger partial charge is 0.324 e. The second-order valence-electron chi connectivity index (χ2n) is 3.80. The molecule has 0 unspecified atom stereocenters. The molecule has 1 rings (SSSR count). The van der Waals surface area contributed by atoms with Crippen LogP contribution in [0, 0.1) is 0 Å². The Morgan fingerprint density at radius 1 is 1.06 bits per heavy atom. The van der Waals surface area contributed by atoms with Crippen molar-refractivity contribution in [3.8, 4) is 12.0 Å². The third kappa shape index (κ3) is 5.97. The van der Waals surface area contributed by atoms with Crippen LogP contribution in [-0.2, 0) is 4.74 Å². The predicted molar refractivity (Wildman–Crippen MR) is 67.2 cm³/mol. The molecule has 1 aromatic heterocycles. The van der Waals surface area contributed by atoms with Crippen molar-refractivity contribution in [1.29, 1.82) is 0 Å². The number of halogens is 1. The second-order valence-corrected chi connectivity index (χ2v) is 4.14. The highest BCUT2D eigenvalue weighted by Gasteiger charge is 2.08. The maximum absolute atomic E-state index is 5.74. The molecule has 0 N–H and O–H groups in total. The van der Waals surface area contributed by atoms with E-state index in [4.69, 9.17) is 25.8 Å². The fourth-order valence-electron chi connectivity index (χ4n) is 1.08. The Morgan fingerprint density at radius 2 is 1.78 bits per heavy atom. The molecular weight excluding hydrogens is 258 g/mol. The Hall–Kier alpha value is -1.14. The van der Waals surface area contributed by atoms with E-state index in [9.17, 15) is 0 Å². The van der Waals surface area contributed by atoms with E-state index in [1.807, 2.05) is 20.8 Å². The summed E-state index contributed by atoms with van der Waals surface area (Å²) in [6.45, 7) is 7.35. The van der Waals surface area contributed by atoms with Gasteiger partial charge in [0.05, 0.1) is 12.7 Å². The largest absolute Gasteiger partial charge is 0.461 e. The van der Waals surface area contributed by atoms with Gasteiger partial charge in [0.25, 0.3) is 0 Å². The van der Waals surface area contributed by atoms with Gasteiger partial charge in [-0.05, 0) is 31.9 Å². The zero-order chi connectivity index (χ0) is 13.4. The Kier molecular flexibility index (Phi) is 6.67. The second kappa shape index (κ2) is 8.05. The van der Waals surface area contributed by atoms with Gasteiger partial charge in [-0.1, -0.05) is 6.92 Å². The van der Waals surface area contributed by atoms with E-state index >= 15 is 0 Å². The van der Waals surface area contributed by atoms with Gasteiger partial charge in [0, 0.05) is 6.61 Å². The van der Waals surface area contributed by atoms with Crippen LogP contribution in [0.25, 0.3) is 0 Å². The van der Waals surface area contributed by atoms with Crippen molar-refractivity contribution in [3.05, 3.63) is 5.28 Å². The highest BCUT2D eigenvalue weighted by molar-refractivity contribution is 6.28. The van der Waals surface area contributed by atoms with Gasteiger partial charge >= 0.3 is 12.0 Å². The van der Waals surface area contributed by atoms with Gasteiger partial charge in [0.2, 0.25) is 5.28 Å². The van der Waals surface area contributed by atoms with Crippen molar-refractivity contribution >= 4 is 11.6 Å². The molecule has 1 aromatic rings. The predicted octanol–water partition coefficient (Wildman–Crippen LogP) is 2.12. The van der Waals surface area contributed by atoms with E-state index in [0.717, 1.165) is 6.42 Å². The number of hydrogen-bond donors (Lipinski definition) is 0. The SMILES string of the molecule is CCCOCCOc1nc(Cl)nc(OC(C)C)n1. The number of nitrogens with zero attached hydrogens (tertiary/aromatic N) is 3. The zero-order valence-electron chi connectivity index (χ0n) is 10.9. The molecule has 6 nitrogen and oxygen atoms in total. The fraction of sp³-hybridized carbons (Fsp3) is 0.727. The van der Waals surface area contributed by atoms with Gasteiger partial charge in [-0.2, -0.15) is 9.97 Å². The first-order valence-corrected chi connectivity index (χ1v) is 6.28. The van der Waals surface area contributed by atoms with E-state index in [2.05, 4.69) is 15.0 Å². The zero-order valence-corrected chi connectivity index (χ0v) is 11.6. The lowest BCUT2D eigenvalue weighted by molar-refractivity contribution is 0.0963. The number of ether oxygens (including phenoxy) is 3. The molecule has 1 heterocycles. The van der Waals surface area contributed by atoms with Crippen molar-refractivity contribution in [2.24, 2.45) is 0 Å². The van der Waals surface area contributed by atoms with Crippen molar-refractivity contribution in [3.63, 3.8) is 0 Å². The topological polar surface area (TPSA) is 66.4 Å². The maximum Gasteiger partial charge on any atom is 0.324 e. The van der Waals surface area contributed by atoms with Crippen LogP contribution in [0.2, 0.25) is 5.28 Å². The van der Waals surface area contributed by atoms with Crippen LogP contribution < -0.4 is 9.47 Å². The molecule has 0 bridgehead atoms. The third-order valence-electron chi connectivity index (χ3n) is 1.72. The standard InChI is InChI=1S/C11H18ClN3O3/c1-4-5-16-6-7-17-10-13-9(12)14-11(15-10)18-8(2)3/h8H,4-7H2,1-3H3. The summed E-state index contributed by atoms with van der Waals surface area (Å²) in [4.78, 5) is 11.7. The summed E-state index contributed by atoms with van der Waals surface area (Å²) < 4.78 is 15.9. The Morgan fingerprint density at radius 3 is 2.44 bits per heavy atom. The van der Waals surface area contributed by atoms with Gasteiger partial charge in [0.15, 0.2) is 0 Å². The molecule has 0 aromatic carbocycles. The highest BCUT2D eigenvalue weighted by Crippen LogP contribution is 2.13. The van der Waals surface area contributed by atoms with Gasteiger partial charge in [-0.25, -0.2) is 0 Å².